The Morgan fingerprint density at radius 1 is 1.13 bits per heavy atom. The first-order chi connectivity index (χ1) is 15.1. The highest BCUT2D eigenvalue weighted by Crippen LogP contribution is 2.31. The number of carbonyl (C=O) groups is 1. The molecule has 3 N–H and O–H groups in total. The van der Waals surface area contributed by atoms with Gasteiger partial charge in [0.25, 0.3) is 0 Å². The Morgan fingerprint density at radius 2 is 1.94 bits per heavy atom. The number of fused-ring (bicyclic) bond motifs is 1. The summed E-state index contributed by atoms with van der Waals surface area (Å²) >= 11 is 0. The Bertz CT molecular complexity index is 1020. The Hall–Kier alpha value is -3.18. The van der Waals surface area contributed by atoms with Crippen molar-refractivity contribution >= 4 is 11.7 Å². The van der Waals surface area contributed by atoms with Gasteiger partial charge in [-0.15, -0.1) is 0 Å². The fourth-order valence-corrected chi connectivity index (χ4v) is 4.38. The van der Waals surface area contributed by atoms with E-state index < -0.39 is 5.97 Å². The third kappa shape index (κ3) is 5.30. The SMILES string of the molecule is C[C@H](CN[C@H](c1ccccc1)[C@H]1CNc2cccnc2C1)c1cccc(CC(=O)O)c1. The normalized spacial score (nSPS) is 17.3. The van der Waals surface area contributed by atoms with Crippen molar-refractivity contribution in [2.45, 2.75) is 31.7 Å². The van der Waals surface area contributed by atoms with Crippen LogP contribution in [-0.2, 0) is 17.6 Å². The maximum atomic E-state index is 11.1. The van der Waals surface area contributed by atoms with Gasteiger partial charge in [0.1, 0.15) is 0 Å². The van der Waals surface area contributed by atoms with E-state index in [1.54, 1.807) is 0 Å². The Balaban J connectivity index is 1.49. The van der Waals surface area contributed by atoms with Gasteiger partial charge in [0, 0.05) is 31.2 Å². The number of benzene rings is 2. The molecule has 1 aliphatic rings. The number of hydrogen-bond acceptors (Lipinski definition) is 4. The van der Waals surface area contributed by atoms with Gasteiger partial charge in [-0.2, -0.15) is 0 Å². The highest BCUT2D eigenvalue weighted by molar-refractivity contribution is 5.70. The van der Waals surface area contributed by atoms with E-state index in [2.05, 4.69) is 58.9 Å². The number of pyridine rings is 1. The second kappa shape index (κ2) is 9.75. The first-order valence-corrected chi connectivity index (χ1v) is 10.9. The minimum atomic E-state index is -0.800. The largest absolute Gasteiger partial charge is 0.481 e. The smallest absolute Gasteiger partial charge is 0.307 e. The standard InChI is InChI=1S/C26H29N3O2/c1-18(21-10-5-7-19(13-21)14-25(30)31)16-29-26(20-8-3-2-4-9-20)22-15-24-23(28-17-22)11-6-12-27-24/h2-13,18,22,26,28-29H,14-17H2,1H3,(H,30,31)/t18-,22-,26-/m1/s1. The van der Waals surface area contributed by atoms with Crippen LogP contribution in [0, 0.1) is 5.92 Å². The molecule has 2 aromatic carbocycles. The fraction of sp³-hybridized carbons (Fsp3) is 0.308. The lowest BCUT2D eigenvalue weighted by Crippen LogP contribution is -2.37. The quantitative estimate of drug-likeness (QED) is 0.508. The summed E-state index contributed by atoms with van der Waals surface area (Å²) < 4.78 is 0. The molecule has 160 valence electrons. The number of nitrogens with zero attached hydrogens (tertiary/aromatic N) is 1. The van der Waals surface area contributed by atoms with Crippen LogP contribution in [0.25, 0.3) is 0 Å². The molecule has 3 atom stereocenters. The monoisotopic (exact) mass is 415 g/mol. The van der Waals surface area contributed by atoms with Crippen molar-refractivity contribution in [2.75, 3.05) is 18.4 Å². The van der Waals surface area contributed by atoms with Gasteiger partial charge in [0.05, 0.1) is 17.8 Å². The number of hydrogen-bond donors (Lipinski definition) is 3. The van der Waals surface area contributed by atoms with Crippen molar-refractivity contribution in [3.05, 3.63) is 95.3 Å². The minimum Gasteiger partial charge on any atom is -0.481 e. The third-order valence-electron chi connectivity index (χ3n) is 6.05. The van der Waals surface area contributed by atoms with E-state index in [1.165, 1.54) is 5.56 Å². The van der Waals surface area contributed by atoms with Gasteiger partial charge < -0.3 is 15.7 Å². The summed E-state index contributed by atoms with van der Waals surface area (Å²) in [7, 11) is 0. The predicted octanol–water partition coefficient (Wildman–Crippen LogP) is 4.43. The molecular formula is C26H29N3O2. The van der Waals surface area contributed by atoms with Crippen molar-refractivity contribution < 1.29 is 9.90 Å². The Kier molecular flexibility index (Phi) is 6.63. The molecule has 1 aromatic heterocycles. The molecule has 31 heavy (non-hydrogen) atoms. The first-order valence-electron chi connectivity index (χ1n) is 10.9. The molecule has 0 amide bonds. The number of anilines is 1. The molecule has 1 aliphatic heterocycles. The molecule has 0 spiro atoms. The van der Waals surface area contributed by atoms with Crippen molar-refractivity contribution in [1.82, 2.24) is 10.3 Å². The van der Waals surface area contributed by atoms with Crippen molar-refractivity contribution in [2.24, 2.45) is 5.92 Å². The van der Waals surface area contributed by atoms with E-state index in [1.807, 2.05) is 36.5 Å². The molecule has 0 saturated carbocycles. The van der Waals surface area contributed by atoms with Crippen LogP contribution in [-0.4, -0.2) is 29.1 Å². The highest BCUT2D eigenvalue weighted by atomic mass is 16.4. The summed E-state index contributed by atoms with van der Waals surface area (Å²) in [6.45, 7) is 3.89. The van der Waals surface area contributed by atoms with Crippen LogP contribution in [0.3, 0.4) is 0 Å². The molecule has 3 aromatic rings. The Labute approximate surface area is 183 Å². The van der Waals surface area contributed by atoms with Crippen LogP contribution in [0.1, 0.15) is 41.3 Å². The van der Waals surface area contributed by atoms with E-state index in [9.17, 15) is 4.79 Å². The summed E-state index contributed by atoms with van der Waals surface area (Å²) in [5, 5.41) is 16.4. The van der Waals surface area contributed by atoms with Gasteiger partial charge in [-0.3, -0.25) is 9.78 Å². The van der Waals surface area contributed by atoms with E-state index in [0.717, 1.165) is 42.0 Å². The average Bonchev–Trinajstić information content (AvgIpc) is 2.79. The predicted molar refractivity (Wildman–Crippen MR) is 123 cm³/mol. The molecule has 5 nitrogen and oxygen atoms in total. The molecule has 5 heteroatoms. The zero-order valence-electron chi connectivity index (χ0n) is 17.8. The minimum absolute atomic E-state index is 0.0563. The van der Waals surface area contributed by atoms with Crippen LogP contribution in [0.15, 0.2) is 72.9 Å². The van der Waals surface area contributed by atoms with E-state index in [0.29, 0.717) is 5.92 Å². The highest BCUT2D eigenvalue weighted by Gasteiger charge is 2.28. The van der Waals surface area contributed by atoms with Gasteiger partial charge >= 0.3 is 5.97 Å². The third-order valence-corrected chi connectivity index (χ3v) is 6.05. The summed E-state index contributed by atoms with van der Waals surface area (Å²) in [5.74, 6) is -0.150. The van der Waals surface area contributed by atoms with E-state index >= 15 is 0 Å². The summed E-state index contributed by atoms with van der Waals surface area (Å²) in [6, 6.07) is 22.8. The lowest BCUT2D eigenvalue weighted by atomic mass is 9.86. The van der Waals surface area contributed by atoms with Gasteiger partial charge in [-0.25, -0.2) is 0 Å². The summed E-state index contributed by atoms with van der Waals surface area (Å²) in [4.78, 5) is 15.6. The number of carboxylic acid groups (broad SMARTS) is 1. The molecular weight excluding hydrogens is 386 g/mol. The molecule has 0 unspecified atom stereocenters. The number of rotatable bonds is 8. The number of carboxylic acids is 1. The topological polar surface area (TPSA) is 74.2 Å². The van der Waals surface area contributed by atoms with Crippen molar-refractivity contribution in [3.63, 3.8) is 0 Å². The van der Waals surface area contributed by atoms with Crippen LogP contribution >= 0.6 is 0 Å². The molecule has 0 saturated heterocycles. The summed E-state index contributed by atoms with van der Waals surface area (Å²) in [6.07, 6.45) is 2.85. The lowest BCUT2D eigenvalue weighted by Gasteiger charge is -2.33. The molecule has 2 heterocycles. The van der Waals surface area contributed by atoms with Crippen LogP contribution in [0.4, 0.5) is 5.69 Å². The molecule has 0 aliphatic carbocycles. The van der Waals surface area contributed by atoms with E-state index in [4.69, 9.17) is 5.11 Å². The van der Waals surface area contributed by atoms with Gasteiger partial charge in [0.15, 0.2) is 0 Å². The van der Waals surface area contributed by atoms with Gasteiger partial charge in [0.2, 0.25) is 0 Å². The lowest BCUT2D eigenvalue weighted by molar-refractivity contribution is -0.136. The second-order valence-electron chi connectivity index (χ2n) is 8.36. The fourth-order valence-electron chi connectivity index (χ4n) is 4.38. The van der Waals surface area contributed by atoms with Crippen LogP contribution in [0.5, 0.6) is 0 Å². The maximum absolute atomic E-state index is 11.1. The Morgan fingerprint density at radius 3 is 2.74 bits per heavy atom. The van der Waals surface area contributed by atoms with Crippen LogP contribution in [0.2, 0.25) is 0 Å². The summed E-state index contributed by atoms with van der Waals surface area (Å²) in [5.41, 5.74) is 5.54. The average molecular weight is 416 g/mol. The zero-order chi connectivity index (χ0) is 21.6. The second-order valence-corrected chi connectivity index (χ2v) is 8.36. The van der Waals surface area contributed by atoms with Crippen molar-refractivity contribution in [1.29, 1.82) is 0 Å². The first kappa shape index (κ1) is 21.1. The number of nitrogens with one attached hydrogen (secondary N) is 2. The zero-order valence-corrected chi connectivity index (χ0v) is 17.8. The molecule has 0 fully saturated rings. The maximum Gasteiger partial charge on any atom is 0.307 e. The number of aromatic nitrogens is 1. The van der Waals surface area contributed by atoms with Gasteiger partial charge in [-0.05, 0) is 41.2 Å². The molecule has 0 radical (unpaired) electrons. The van der Waals surface area contributed by atoms with Gasteiger partial charge in [-0.1, -0.05) is 61.5 Å². The molecule has 4 rings (SSSR count). The molecule has 0 bridgehead atoms. The van der Waals surface area contributed by atoms with Crippen molar-refractivity contribution in [3.8, 4) is 0 Å². The van der Waals surface area contributed by atoms with Crippen LogP contribution < -0.4 is 10.6 Å². The van der Waals surface area contributed by atoms with E-state index in [-0.39, 0.29) is 18.4 Å². The number of aliphatic carboxylic acids is 1.